The number of hydrogen-bond donors (Lipinski definition) is 4. The van der Waals surface area contributed by atoms with Gasteiger partial charge in [-0.05, 0) is 37.1 Å². The predicted molar refractivity (Wildman–Crippen MR) is 106 cm³/mol. The van der Waals surface area contributed by atoms with E-state index in [0.29, 0.717) is 12.4 Å². The molecule has 0 aliphatic carbocycles. The van der Waals surface area contributed by atoms with Crippen LogP contribution in [0.3, 0.4) is 0 Å². The van der Waals surface area contributed by atoms with Gasteiger partial charge in [-0.2, -0.15) is 0 Å². The van der Waals surface area contributed by atoms with E-state index in [9.17, 15) is 0 Å². The molecule has 0 fully saturated rings. The lowest BCUT2D eigenvalue weighted by atomic mass is 10.2. The molecule has 27 heavy (non-hydrogen) atoms. The van der Waals surface area contributed by atoms with E-state index in [4.69, 9.17) is 11.1 Å². The summed E-state index contributed by atoms with van der Waals surface area (Å²) < 4.78 is 0. The van der Waals surface area contributed by atoms with Gasteiger partial charge in [-0.1, -0.05) is 6.07 Å². The van der Waals surface area contributed by atoms with Crippen molar-refractivity contribution in [2.45, 2.75) is 12.8 Å². The van der Waals surface area contributed by atoms with Crippen molar-refractivity contribution in [3.05, 3.63) is 55.0 Å². The lowest BCUT2D eigenvalue weighted by molar-refractivity contribution is 0.726. The Morgan fingerprint density at radius 2 is 1.89 bits per heavy atom. The molecule has 0 aliphatic heterocycles. The van der Waals surface area contributed by atoms with Crippen LogP contribution in [0.1, 0.15) is 12.8 Å². The highest BCUT2D eigenvalue weighted by molar-refractivity contribution is 5.74. The minimum absolute atomic E-state index is 0.000116. The number of anilines is 1. The van der Waals surface area contributed by atoms with Gasteiger partial charge in [-0.3, -0.25) is 15.4 Å². The zero-order valence-electron chi connectivity index (χ0n) is 14.9. The Hall–Kier alpha value is -3.55. The number of hydrogen-bond acceptors (Lipinski definition) is 6. The molecule has 0 bridgehead atoms. The summed E-state index contributed by atoms with van der Waals surface area (Å²) in [6.45, 7) is 1.44. The second-order valence-electron chi connectivity index (χ2n) is 5.89. The molecule has 0 aliphatic rings. The molecule has 0 atom stereocenters. The van der Waals surface area contributed by atoms with Crippen LogP contribution in [0.4, 0.5) is 5.82 Å². The van der Waals surface area contributed by atoms with Crippen LogP contribution in [0.25, 0.3) is 22.8 Å². The van der Waals surface area contributed by atoms with E-state index in [2.05, 4.69) is 30.6 Å². The molecule has 0 amide bonds. The van der Waals surface area contributed by atoms with Crippen molar-refractivity contribution >= 4 is 11.8 Å². The maximum absolute atomic E-state index is 7.14. The number of pyridine rings is 2. The fourth-order valence-corrected chi connectivity index (χ4v) is 2.50. The Morgan fingerprint density at radius 1 is 1.00 bits per heavy atom. The fourth-order valence-electron chi connectivity index (χ4n) is 2.50. The van der Waals surface area contributed by atoms with Crippen LogP contribution in [0, 0.1) is 5.41 Å². The number of unbranched alkanes of at least 4 members (excludes halogenated alkanes) is 1. The van der Waals surface area contributed by atoms with Gasteiger partial charge in [0.2, 0.25) is 0 Å². The summed E-state index contributed by atoms with van der Waals surface area (Å²) in [4.78, 5) is 17.8. The standard InChI is InChI=1S/C19H22N8/c20-19(21)25-11-4-3-10-24-17-12-16(14-6-5-8-22-13-14)26-18(27-17)15-7-1-2-9-23-15/h1-2,5-9,12-13H,3-4,10-11H2,(H4,20,21,25)(H,24,26,27). The molecule has 0 unspecified atom stereocenters. The second-order valence-corrected chi connectivity index (χ2v) is 5.89. The third-order valence-corrected chi connectivity index (χ3v) is 3.80. The highest BCUT2D eigenvalue weighted by Gasteiger charge is 2.09. The van der Waals surface area contributed by atoms with Crippen molar-refractivity contribution in [1.29, 1.82) is 5.41 Å². The summed E-state index contributed by atoms with van der Waals surface area (Å²) >= 11 is 0. The van der Waals surface area contributed by atoms with Crippen molar-refractivity contribution in [3.63, 3.8) is 0 Å². The maximum Gasteiger partial charge on any atom is 0.185 e. The van der Waals surface area contributed by atoms with Crippen LogP contribution in [0.15, 0.2) is 55.0 Å². The molecule has 5 N–H and O–H groups in total. The number of aromatic nitrogens is 4. The second kappa shape index (κ2) is 9.23. The molecule has 138 valence electrons. The zero-order valence-corrected chi connectivity index (χ0v) is 14.9. The van der Waals surface area contributed by atoms with Crippen LogP contribution < -0.4 is 16.4 Å². The van der Waals surface area contributed by atoms with Gasteiger partial charge in [0.25, 0.3) is 0 Å². The SMILES string of the molecule is N=C(N)NCCCCNc1cc(-c2cccnc2)nc(-c2ccccn2)n1. The number of nitrogens with one attached hydrogen (secondary N) is 3. The van der Waals surface area contributed by atoms with Crippen molar-refractivity contribution in [2.24, 2.45) is 5.73 Å². The maximum atomic E-state index is 7.14. The Balaban J connectivity index is 1.75. The molecule has 3 aromatic rings. The molecular formula is C19H22N8. The normalized spacial score (nSPS) is 10.4. The molecule has 0 saturated carbocycles. The van der Waals surface area contributed by atoms with Crippen molar-refractivity contribution in [1.82, 2.24) is 25.3 Å². The smallest absolute Gasteiger partial charge is 0.185 e. The molecule has 0 aromatic carbocycles. The molecule has 0 radical (unpaired) electrons. The molecular weight excluding hydrogens is 340 g/mol. The van der Waals surface area contributed by atoms with E-state index < -0.39 is 0 Å². The first-order valence-electron chi connectivity index (χ1n) is 8.75. The topological polar surface area (TPSA) is 125 Å². The molecule has 3 aromatic heterocycles. The van der Waals surface area contributed by atoms with E-state index in [1.807, 2.05) is 36.4 Å². The molecule has 3 heterocycles. The molecule has 0 saturated heterocycles. The highest BCUT2D eigenvalue weighted by atomic mass is 15.0. The highest BCUT2D eigenvalue weighted by Crippen LogP contribution is 2.22. The Labute approximate surface area is 157 Å². The molecule has 8 nitrogen and oxygen atoms in total. The fraction of sp³-hybridized carbons (Fsp3) is 0.211. The Bertz CT molecular complexity index is 810. The summed E-state index contributed by atoms with van der Waals surface area (Å²) in [5, 5.41) is 13.3. The van der Waals surface area contributed by atoms with Crippen LogP contribution in [0.5, 0.6) is 0 Å². The van der Waals surface area contributed by atoms with Gasteiger partial charge < -0.3 is 16.4 Å². The van der Waals surface area contributed by atoms with Crippen LogP contribution in [-0.4, -0.2) is 39.0 Å². The number of nitrogens with zero attached hydrogens (tertiary/aromatic N) is 4. The lowest BCUT2D eigenvalue weighted by Crippen LogP contribution is -2.31. The minimum atomic E-state index is -0.000116. The predicted octanol–water partition coefficient (Wildman–Crippen LogP) is 2.28. The van der Waals surface area contributed by atoms with Gasteiger partial charge in [0.15, 0.2) is 11.8 Å². The van der Waals surface area contributed by atoms with Gasteiger partial charge in [0.1, 0.15) is 11.5 Å². The largest absolute Gasteiger partial charge is 0.370 e. The van der Waals surface area contributed by atoms with E-state index in [1.165, 1.54) is 0 Å². The number of rotatable bonds is 8. The number of guanidine groups is 1. The first-order valence-corrected chi connectivity index (χ1v) is 8.75. The van der Waals surface area contributed by atoms with Crippen molar-refractivity contribution in [3.8, 4) is 22.8 Å². The van der Waals surface area contributed by atoms with E-state index in [-0.39, 0.29) is 5.96 Å². The summed E-state index contributed by atoms with van der Waals surface area (Å²) in [6.07, 6.45) is 7.07. The minimum Gasteiger partial charge on any atom is -0.370 e. The Morgan fingerprint density at radius 3 is 2.63 bits per heavy atom. The third kappa shape index (κ3) is 5.46. The van der Waals surface area contributed by atoms with Gasteiger partial charge in [0.05, 0.1) is 5.69 Å². The molecule has 8 heteroatoms. The van der Waals surface area contributed by atoms with E-state index in [0.717, 1.165) is 42.2 Å². The lowest BCUT2D eigenvalue weighted by Gasteiger charge is -2.10. The third-order valence-electron chi connectivity index (χ3n) is 3.80. The molecule has 3 rings (SSSR count). The van der Waals surface area contributed by atoms with Gasteiger partial charge in [-0.15, -0.1) is 0 Å². The van der Waals surface area contributed by atoms with Crippen molar-refractivity contribution < 1.29 is 0 Å². The van der Waals surface area contributed by atoms with E-state index in [1.54, 1.807) is 18.6 Å². The van der Waals surface area contributed by atoms with Gasteiger partial charge >= 0.3 is 0 Å². The monoisotopic (exact) mass is 362 g/mol. The summed E-state index contributed by atoms with van der Waals surface area (Å²) in [5.41, 5.74) is 7.70. The van der Waals surface area contributed by atoms with Gasteiger partial charge in [0, 0.05) is 43.3 Å². The molecule has 0 spiro atoms. The van der Waals surface area contributed by atoms with Gasteiger partial charge in [-0.25, -0.2) is 9.97 Å². The summed E-state index contributed by atoms with van der Waals surface area (Å²) in [7, 11) is 0. The average molecular weight is 362 g/mol. The van der Waals surface area contributed by atoms with Crippen LogP contribution in [-0.2, 0) is 0 Å². The quantitative estimate of drug-likeness (QED) is 0.275. The van der Waals surface area contributed by atoms with Crippen molar-refractivity contribution in [2.75, 3.05) is 18.4 Å². The first-order chi connectivity index (χ1) is 13.2. The summed E-state index contributed by atoms with van der Waals surface area (Å²) in [6, 6.07) is 11.4. The summed E-state index contributed by atoms with van der Waals surface area (Å²) in [5.74, 6) is 1.31. The first kappa shape index (κ1) is 18.2. The average Bonchev–Trinajstić information content (AvgIpc) is 2.71. The van der Waals surface area contributed by atoms with Crippen LogP contribution >= 0.6 is 0 Å². The Kier molecular flexibility index (Phi) is 6.24. The van der Waals surface area contributed by atoms with E-state index >= 15 is 0 Å². The number of nitrogens with two attached hydrogens (primary N) is 1. The van der Waals surface area contributed by atoms with Crippen LogP contribution in [0.2, 0.25) is 0 Å². The zero-order chi connectivity index (χ0) is 18.9.